The molecule has 0 aromatic carbocycles. The molecule has 0 saturated carbocycles. The Morgan fingerprint density at radius 3 is 2.41 bits per heavy atom. The van der Waals surface area contributed by atoms with Crippen LogP contribution in [0.2, 0.25) is 0 Å². The molecule has 1 aromatic rings. The zero-order valence-corrected chi connectivity index (χ0v) is 11.0. The number of pyridine rings is 1. The van der Waals surface area contributed by atoms with E-state index in [1.54, 1.807) is 0 Å². The van der Waals surface area contributed by atoms with Crippen molar-refractivity contribution in [2.45, 2.75) is 37.7 Å². The van der Waals surface area contributed by atoms with Gasteiger partial charge in [-0.2, -0.15) is 0 Å². The minimum Gasteiger partial charge on any atom is -0.389 e. The largest absolute Gasteiger partial charge is 0.389 e. The predicted molar refractivity (Wildman–Crippen MR) is 68.9 cm³/mol. The molecule has 0 amide bonds. The van der Waals surface area contributed by atoms with Crippen LogP contribution in [0.4, 0.5) is 0 Å². The Labute approximate surface area is 103 Å². The summed E-state index contributed by atoms with van der Waals surface area (Å²) in [6.07, 6.45) is 3.75. The summed E-state index contributed by atoms with van der Waals surface area (Å²) in [6, 6.07) is 5.98. The number of aromatic nitrogens is 1. The molecule has 1 aliphatic heterocycles. The van der Waals surface area contributed by atoms with Crippen LogP contribution in [0, 0.1) is 0 Å². The second kappa shape index (κ2) is 4.39. The van der Waals surface area contributed by atoms with Crippen LogP contribution >= 0.6 is 0 Å². The van der Waals surface area contributed by atoms with Crippen molar-refractivity contribution in [2.24, 2.45) is 0 Å². The van der Waals surface area contributed by atoms with Crippen LogP contribution in [0.3, 0.4) is 0 Å². The highest BCUT2D eigenvalue weighted by atomic mass is 16.3. The smallest absolute Gasteiger partial charge is 0.0704 e. The maximum atomic E-state index is 10.6. The molecule has 0 unspecified atom stereocenters. The Morgan fingerprint density at radius 1 is 1.29 bits per heavy atom. The highest BCUT2D eigenvalue weighted by molar-refractivity contribution is 5.23. The van der Waals surface area contributed by atoms with E-state index in [-0.39, 0.29) is 5.41 Å². The van der Waals surface area contributed by atoms with Gasteiger partial charge in [-0.05, 0) is 59.0 Å². The van der Waals surface area contributed by atoms with Gasteiger partial charge < -0.3 is 10.0 Å². The van der Waals surface area contributed by atoms with Gasteiger partial charge in [-0.3, -0.25) is 4.98 Å². The van der Waals surface area contributed by atoms with Gasteiger partial charge in [0, 0.05) is 17.3 Å². The summed E-state index contributed by atoms with van der Waals surface area (Å²) in [6.45, 7) is 5.85. The lowest BCUT2D eigenvalue weighted by molar-refractivity contribution is -0.0382. The molecule has 94 valence electrons. The Kier molecular flexibility index (Phi) is 3.23. The number of likely N-dealkylation sites (tertiary alicyclic amines) is 1. The summed E-state index contributed by atoms with van der Waals surface area (Å²) in [7, 11) is 2.13. The molecule has 1 aromatic heterocycles. The third kappa shape index (κ3) is 2.22. The Balaban J connectivity index is 2.39. The van der Waals surface area contributed by atoms with E-state index in [0.717, 1.165) is 31.6 Å². The number of nitrogens with zero attached hydrogens (tertiary/aromatic N) is 2. The van der Waals surface area contributed by atoms with Gasteiger partial charge in [-0.15, -0.1) is 0 Å². The lowest BCUT2D eigenvalue weighted by atomic mass is 9.65. The first kappa shape index (κ1) is 12.5. The summed E-state index contributed by atoms with van der Waals surface area (Å²) in [5, 5.41) is 10.6. The van der Waals surface area contributed by atoms with Crippen molar-refractivity contribution < 1.29 is 5.11 Å². The van der Waals surface area contributed by atoms with E-state index in [1.807, 2.05) is 38.2 Å². The average molecular weight is 234 g/mol. The van der Waals surface area contributed by atoms with Crippen molar-refractivity contribution in [1.29, 1.82) is 0 Å². The molecule has 17 heavy (non-hydrogen) atoms. The van der Waals surface area contributed by atoms with Crippen molar-refractivity contribution in [3.63, 3.8) is 0 Å². The monoisotopic (exact) mass is 234 g/mol. The molecule has 0 aliphatic carbocycles. The molecule has 0 radical (unpaired) electrons. The molecule has 2 heterocycles. The lowest BCUT2D eigenvalue weighted by Gasteiger charge is -2.47. The number of aliphatic hydroxyl groups is 1. The predicted octanol–water partition coefficient (Wildman–Crippen LogP) is 1.82. The van der Waals surface area contributed by atoms with Crippen molar-refractivity contribution >= 4 is 0 Å². The summed E-state index contributed by atoms with van der Waals surface area (Å²) in [5.41, 5.74) is 0.0872. The lowest BCUT2D eigenvalue weighted by Crippen LogP contribution is -2.54. The fourth-order valence-electron chi connectivity index (χ4n) is 2.83. The quantitative estimate of drug-likeness (QED) is 0.848. The SMILES string of the molecule is CN1CCC(c2ccccn2)(C(C)(C)O)CC1. The molecule has 3 heteroatoms. The Bertz CT molecular complexity index is 362. The number of hydrogen-bond donors (Lipinski definition) is 1. The first-order valence-corrected chi connectivity index (χ1v) is 6.28. The van der Waals surface area contributed by atoms with Crippen LogP contribution in [-0.4, -0.2) is 40.7 Å². The van der Waals surface area contributed by atoms with E-state index in [0.29, 0.717) is 0 Å². The number of rotatable bonds is 2. The molecule has 1 N–H and O–H groups in total. The highest BCUT2D eigenvalue weighted by Crippen LogP contribution is 2.42. The zero-order chi connectivity index (χ0) is 12.5. The topological polar surface area (TPSA) is 36.4 Å². The summed E-state index contributed by atoms with van der Waals surface area (Å²) in [4.78, 5) is 6.80. The van der Waals surface area contributed by atoms with Crippen molar-refractivity contribution in [3.8, 4) is 0 Å². The van der Waals surface area contributed by atoms with Crippen LogP contribution in [0.5, 0.6) is 0 Å². The fourth-order valence-corrected chi connectivity index (χ4v) is 2.83. The first-order chi connectivity index (χ1) is 7.96. The van der Waals surface area contributed by atoms with Gasteiger partial charge in [0.1, 0.15) is 0 Å². The summed E-state index contributed by atoms with van der Waals surface area (Å²) in [5.74, 6) is 0. The molecule has 1 saturated heterocycles. The van der Waals surface area contributed by atoms with Crippen molar-refractivity contribution in [1.82, 2.24) is 9.88 Å². The maximum absolute atomic E-state index is 10.6. The van der Waals surface area contributed by atoms with E-state index in [2.05, 4.69) is 16.9 Å². The molecule has 0 bridgehead atoms. The van der Waals surface area contributed by atoms with Gasteiger partial charge in [0.25, 0.3) is 0 Å². The van der Waals surface area contributed by atoms with Crippen LogP contribution in [0.15, 0.2) is 24.4 Å². The number of piperidine rings is 1. The van der Waals surface area contributed by atoms with Gasteiger partial charge >= 0.3 is 0 Å². The minimum absolute atomic E-state index is 0.208. The maximum Gasteiger partial charge on any atom is 0.0704 e. The van der Waals surface area contributed by atoms with Crippen LogP contribution in [-0.2, 0) is 5.41 Å². The highest BCUT2D eigenvalue weighted by Gasteiger charge is 2.47. The van der Waals surface area contributed by atoms with Crippen LogP contribution in [0.25, 0.3) is 0 Å². The molecular weight excluding hydrogens is 212 g/mol. The van der Waals surface area contributed by atoms with Crippen molar-refractivity contribution in [2.75, 3.05) is 20.1 Å². The Morgan fingerprint density at radius 2 is 1.94 bits per heavy atom. The van der Waals surface area contributed by atoms with Crippen LogP contribution < -0.4 is 0 Å². The number of hydrogen-bond acceptors (Lipinski definition) is 3. The molecule has 0 atom stereocenters. The van der Waals surface area contributed by atoms with E-state index >= 15 is 0 Å². The van der Waals surface area contributed by atoms with E-state index in [4.69, 9.17) is 0 Å². The molecule has 3 nitrogen and oxygen atoms in total. The van der Waals surface area contributed by atoms with Gasteiger partial charge in [0.2, 0.25) is 0 Å². The van der Waals surface area contributed by atoms with Crippen LogP contribution in [0.1, 0.15) is 32.4 Å². The van der Waals surface area contributed by atoms with E-state index < -0.39 is 5.60 Å². The first-order valence-electron chi connectivity index (χ1n) is 6.28. The van der Waals surface area contributed by atoms with Gasteiger partial charge in [0.05, 0.1) is 5.60 Å². The normalized spacial score (nSPS) is 21.4. The molecule has 0 spiro atoms. The molecule has 1 aliphatic rings. The molecular formula is C14H22N2O. The zero-order valence-electron chi connectivity index (χ0n) is 11.0. The van der Waals surface area contributed by atoms with E-state index in [1.165, 1.54) is 0 Å². The third-order valence-electron chi connectivity index (χ3n) is 4.17. The van der Waals surface area contributed by atoms with Gasteiger partial charge in [-0.25, -0.2) is 0 Å². The molecule has 1 fully saturated rings. The van der Waals surface area contributed by atoms with E-state index in [9.17, 15) is 5.11 Å². The minimum atomic E-state index is -0.734. The summed E-state index contributed by atoms with van der Waals surface area (Å²) < 4.78 is 0. The third-order valence-corrected chi connectivity index (χ3v) is 4.17. The average Bonchev–Trinajstić information content (AvgIpc) is 2.30. The summed E-state index contributed by atoms with van der Waals surface area (Å²) >= 11 is 0. The Hall–Kier alpha value is -0.930. The fraction of sp³-hybridized carbons (Fsp3) is 0.643. The second-order valence-electron chi connectivity index (χ2n) is 5.66. The second-order valence-corrected chi connectivity index (χ2v) is 5.66. The molecule has 2 rings (SSSR count). The van der Waals surface area contributed by atoms with Crippen molar-refractivity contribution in [3.05, 3.63) is 30.1 Å². The standard InChI is InChI=1S/C14H22N2O/c1-13(2,17)14(7-10-16(3)11-8-14)12-6-4-5-9-15-12/h4-6,9,17H,7-8,10-11H2,1-3H3. The van der Waals surface area contributed by atoms with Gasteiger partial charge in [-0.1, -0.05) is 6.07 Å². The van der Waals surface area contributed by atoms with Gasteiger partial charge in [0.15, 0.2) is 0 Å².